The van der Waals surface area contributed by atoms with Crippen LogP contribution in [0, 0.1) is 0 Å². The van der Waals surface area contributed by atoms with Gasteiger partial charge in [-0.1, -0.05) is 6.92 Å². The minimum absolute atomic E-state index is 0.721. The molecule has 0 aromatic carbocycles. The van der Waals surface area contributed by atoms with E-state index in [1.165, 1.54) is 0 Å². The molecule has 2 N–H and O–H groups in total. The van der Waals surface area contributed by atoms with Crippen LogP contribution in [0.5, 0.6) is 0 Å². The lowest BCUT2D eigenvalue weighted by Crippen LogP contribution is -2.00. The van der Waals surface area contributed by atoms with E-state index in [1.54, 1.807) is 18.7 Å². The SMILES string of the molecule is CCc1ncn2c(Nc3ccn[nH]3)nccc12. The average molecular weight is 228 g/mol. The van der Waals surface area contributed by atoms with Gasteiger partial charge in [-0.3, -0.25) is 9.50 Å². The highest BCUT2D eigenvalue weighted by Crippen LogP contribution is 2.16. The first-order valence-electron chi connectivity index (χ1n) is 5.46. The number of hydrogen-bond acceptors (Lipinski definition) is 4. The largest absolute Gasteiger partial charge is 0.310 e. The van der Waals surface area contributed by atoms with Crippen molar-refractivity contribution in [3.63, 3.8) is 0 Å². The highest BCUT2D eigenvalue weighted by atomic mass is 15.2. The number of hydrogen-bond donors (Lipinski definition) is 2. The highest BCUT2D eigenvalue weighted by Gasteiger charge is 2.06. The maximum absolute atomic E-state index is 4.36. The molecule has 0 aliphatic rings. The second-order valence-electron chi connectivity index (χ2n) is 3.66. The second-order valence-corrected chi connectivity index (χ2v) is 3.66. The first-order chi connectivity index (χ1) is 8.38. The topological polar surface area (TPSA) is 70.9 Å². The molecule has 0 saturated carbocycles. The van der Waals surface area contributed by atoms with Crippen molar-refractivity contribution in [2.45, 2.75) is 13.3 Å². The Labute approximate surface area is 97.7 Å². The van der Waals surface area contributed by atoms with Gasteiger partial charge in [0.15, 0.2) is 0 Å². The van der Waals surface area contributed by atoms with Crippen molar-refractivity contribution in [1.29, 1.82) is 0 Å². The molecule has 17 heavy (non-hydrogen) atoms. The summed E-state index contributed by atoms with van der Waals surface area (Å²) in [7, 11) is 0. The quantitative estimate of drug-likeness (QED) is 0.716. The van der Waals surface area contributed by atoms with Gasteiger partial charge < -0.3 is 5.32 Å². The maximum atomic E-state index is 4.36. The third-order valence-corrected chi connectivity index (χ3v) is 2.62. The van der Waals surface area contributed by atoms with E-state index in [4.69, 9.17) is 0 Å². The minimum atomic E-state index is 0.721. The smallest absolute Gasteiger partial charge is 0.214 e. The lowest BCUT2D eigenvalue weighted by molar-refractivity contribution is 1.05. The monoisotopic (exact) mass is 228 g/mol. The summed E-state index contributed by atoms with van der Waals surface area (Å²) in [6, 6.07) is 3.81. The number of aromatic amines is 1. The van der Waals surface area contributed by atoms with E-state index in [2.05, 4.69) is 32.4 Å². The molecule has 0 radical (unpaired) electrons. The van der Waals surface area contributed by atoms with Crippen molar-refractivity contribution >= 4 is 17.3 Å². The van der Waals surface area contributed by atoms with Crippen LogP contribution in [-0.4, -0.2) is 24.6 Å². The molecular formula is C11H12N6. The van der Waals surface area contributed by atoms with Crippen molar-refractivity contribution in [1.82, 2.24) is 24.6 Å². The maximum Gasteiger partial charge on any atom is 0.214 e. The Bertz CT molecular complexity index is 625. The molecular weight excluding hydrogens is 216 g/mol. The van der Waals surface area contributed by atoms with Gasteiger partial charge in [0.2, 0.25) is 5.95 Å². The van der Waals surface area contributed by atoms with Crippen LogP contribution < -0.4 is 5.32 Å². The van der Waals surface area contributed by atoms with Gasteiger partial charge in [0.1, 0.15) is 12.1 Å². The standard InChI is InChI=1S/C11H12N6/c1-2-8-9-3-5-12-11(17(9)7-13-8)15-10-4-6-14-16-10/h3-7H,2H2,1H3,(H2,12,14,15,16). The van der Waals surface area contributed by atoms with Gasteiger partial charge in [0.05, 0.1) is 17.4 Å². The summed E-state index contributed by atoms with van der Waals surface area (Å²) in [6.07, 6.45) is 6.15. The van der Waals surface area contributed by atoms with Crippen LogP contribution in [0.2, 0.25) is 0 Å². The Morgan fingerprint density at radius 3 is 3.00 bits per heavy atom. The zero-order valence-corrected chi connectivity index (χ0v) is 9.38. The molecule has 3 rings (SSSR count). The highest BCUT2D eigenvalue weighted by molar-refractivity contribution is 5.58. The van der Waals surface area contributed by atoms with E-state index < -0.39 is 0 Å². The molecule has 0 unspecified atom stereocenters. The molecule has 0 fully saturated rings. The van der Waals surface area contributed by atoms with Crippen molar-refractivity contribution in [3.8, 4) is 0 Å². The van der Waals surface area contributed by atoms with Gasteiger partial charge in [0.25, 0.3) is 0 Å². The third kappa shape index (κ3) is 1.63. The molecule has 86 valence electrons. The van der Waals surface area contributed by atoms with Crippen molar-refractivity contribution in [2.75, 3.05) is 5.32 Å². The number of nitrogens with zero attached hydrogens (tertiary/aromatic N) is 4. The normalized spacial score (nSPS) is 10.9. The molecule has 3 aromatic heterocycles. The molecule has 0 saturated heterocycles. The summed E-state index contributed by atoms with van der Waals surface area (Å²) >= 11 is 0. The first-order valence-corrected chi connectivity index (χ1v) is 5.46. The van der Waals surface area contributed by atoms with Crippen LogP contribution in [0.4, 0.5) is 11.8 Å². The molecule has 0 bridgehead atoms. The van der Waals surface area contributed by atoms with Gasteiger partial charge in [-0.2, -0.15) is 5.10 Å². The van der Waals surface area contributed by atoms with E-state index in [1.807, 2.05) is 16.5 Å². The van der Waals surface area contributed by atoms with Gasteiger partial charge in [-0.15, -0.1) is 0 Å². The lowest BCUT2D eigenvalue weighted by Gasteiger charge is -2.05. The van der Waals surface area contributed by atoms with Crippen LogP contribution in [0.3, 0.4) is 0 Å². The van der Waals surface area contributed by atoms with Crippen LogP contribution in [0.1, 0.15) is 12.6 Å². The molecule has 3 heterocycles. The Balaban J connectivity index is 2.07. The molecule has 0 amide bonds. The summed E-state index contributed by atoms with van der Waals surface area (Å²) < 4.78 is 1.93. The molecule has 6 heteroatoms. The molecule has 0 atom stereocenters. The predicted molar refractivity (Wildman–Crippen MR) is 64.2 cm³/mol. The van der Waals surface area contributed by atoms with E-state index in [0.29, 0.717) is 0 Å². The van der Waals surface area contributed by atoms with Crippen LogP contribution in [0.15, 0.2) is 30.9 Å². The van der Waals surface area contributed by atoms with Gasteiger partial charge in [0, 0.05) is 12.3 Å². The van der Waals surface area contributed by atoms with Crippen molar-refractivity contribution < 1.29 is 0 Å². The van der Waals surface area contributed by atoms with E-state index >= 15 is 0 Å². The first kappa shape index (κ1) is 9.83. The lowest BCUT2D eigenvalue weighted by atomic mass is 10.3. The molecule has 3 aromatic rings. The summed E-state index contributed by atoms with van der Waals surface area (Å²) in [4.78, 5) is 8.65. The summed E-state index contributed by atoms with van der Waals surface area (Å²) in [5.74, 6) is 1.52. The summed E-state index contributed by atoms with van der Waals surface area (Å²) in [5, 5.41) is 9.87. The number of aromatic nitrogens is 5. The van der Waals surface area contributed by atoms with E-state index in [-0.39, 0.29) is 0 Å². The number of nitrogens with one attached hydrogen (secondary N) is 2. The number of aryl methyl sites for hydroxylation is 1. The Kier molecular flexibility index (Phi) is 2.25. The van der Waals surface area contributed by atoms with E-state index in [0.717, 1.165) is 29.4 Å². The number of H-pyrrole nitrogens is 1. The minimum Gasteiger partial charge on any atom is -0.310 e. The van der Waals surface area contributed by atoms with Crippen molar-refractivity contribution in [2.24, 2.45) is 0 Å². The number of anilines is 2. The third-order valence-electron chi connectivity index (χ3n) is 2.62. The Morgan fingerprint density at radius 1 is 1.29 bits per heavy atom. The molecule has 6 nitrogen and oxygen atoms in total. The number of rotatable bonds is 3. The second kappa shape index (κ2) is 3.89. The predicted octanol–water partition coefficient (Wildman–Crippen LogP) is 1.76. The van der Waals surface area contributed by atoms with Gasteiger partial charge >= 0.3 is 0 Å². The zero-order valence-electron chi connectivity index (χ0n) is 9.38. The number of imidazole rings is 1. The van der Waals surface area contributed by atoms with Crippen molar-refractivity contribution in [3.05, 3.63) is 36.5 Å². The number of fused-ring (bicyclic) bond motifs is 1. The Hall–Kier alpha value is -2.37. The summed E-state index contributed by atoms with van der Waals surface area (Å²) in [5.41, 5.74) is 2.14. The van der Waals surface area contributed by atoms with Gasteiger partial charge in [-0.05, 0) is 12.5 Å². The van der Waals surface area contributed by atoms with Gasteiger partial charge in [-0.25, -0.2) is 9.97 Å². The Morgan fingerprint density at radius 2 is 2.24 bits per heavy atom. The fourth-order valence-electron chi connectivity index (χ4n) is 1.79. The molecule has 0 spiro atoms. The average Bonchev–Trinajstić information content (AvgIpc) is 2.97. The van der Waals surface area contributed by atoms with Crippen LogP contribution >= 0.6 is 0 Å². The fourth-order valence-corrected chi connectivity index (χ4v) is 1.79. The van der Waals surface area contributed by atoms with Crippen LogP contribution in [0.25, 0.3) is 5.52 Å². The molecule has 0 aliphatic carbocycles. The fraction of sp³-hybridized carbons (Fsp3) is 0.182. The zero-order chi connectivity index (χ0) is 11.7. The van der Waals surface area contributed by atoms with Crippen LogP contribution in [-0.2, 0) is 6.42 Å². The summed E-state index contributed by atoms with van der Waals surface area (Å²) in [6.45, 7) is 2.09. The molecule has 0 aliphatic heterocycles. The van der Waals surface area contributed by atoms with E-state index in [9.17, 15) is 0 Å².